The summed E-state index contributed by atoms with van der Waals surface area (Å²) in [5.41, 5.74) is 3.53. The predicted molar refractivity (Wildman–Crippen MR) is 234 cm³/mol. The number of Topliss-reactive ketones (excluding diaryl/α,β-unsaturated/α-hetero) is 1. The molecule has 0 aromatic carbocycles. The molecule has 0 aromatic rings. The highest BCUT2D eigenvalue weighted by molar-refractivity contribution is 6.20. The maximum absolute atomic E-state index is 14.4. The normalized spacial score (nSPS) is 37.6. The fourth-order valence-corrected chi connectivity index (χ4v) is 13.1. The number of allylic oxidation sites excluding steroid dienone is 5. The largest absolute Gasteiger partial charge is 0.507 e. The maximum Gasteiger partial charge on any atom is 0.197 e. The number of rotatable bonds is 21. The van der Waals surface area contributed by atoms with E-state index in [2.05, 4.69) is 55.8 Å². The number of nitrogens with zero attached hydrogens (tertiary/aromatic N) is 1. The van der Waals surface area contributed by atoms with Gasteiger partial charge in [-0.25, -0.2) is 0 Å². The van der Waals surface area contributed by atoms with Crippen LogP contribution in [0.5, 0.6) is 0 Å². The fraction of sp³-hybridized carbons (Fsp3) is 0.840. The van der Waals surface area contributed by atoms with E-state index in [4.69, 9.17) is 4.99 Å². The highest BCUT2D eigenvalue weighted by Gasteiger charge is 2.55. The summed E-state index contributed by atoms with van der Waals surface area (Å²) in [5, 5.41) is 24.2. The van der Waals surface area contributed by atoms with Crippen LogP contribution in [0.1, 0.15) is 207 Å². The lowest BCUT2D eigenvalue weighted by Crippen LogP contribution is -2.73. The highest BCUT2D eigenvalue weighted by atomic mass is 16.3. The molecule has 7 aliphatic rings. The minimum atomic E-state index is -0.208. The average Bonchev–Trinajstić information content (AvgIpc) is 3.18. The molecule has 4 fully saturated rings. The van der Waals surface area contributed by atoms with Gasteiger partial charge < -0.3 is 5.11 Å². The van der Waals surface area contributed by atoms with Crippen LogP contribution in [-0.4, -0.2) is 46.1 Å². The zero-order valence-corrected chi connectivity index (χ0v) is 36.4. The molecule has 0 aromatic heterocycles. The molecule has 5 aliphatic carbocycles. The van der Waals surface area contributed by atoms with Gasteiger partial charge in [0.1, 0.15) is 11.4 Å². The first kappa shape index (κ1) is 42.4. The third-order valence-corrected chi connectivity index (χ3v) is 15.9. The third kappa shape index (κ3) is 9.49. The highest BCUT2D eigenvalue weighted by Crippen LogP contribution is 2.54. The second-order valence-electron chi connectivity index (χ2n) is 20.2. The van der Waals surface area contributed by atoms with E-state index in [-0.39, 0.29) is 28.9 Å². The number of nitrogens with one attached hydrogen (secondary N) is 3. The maximum atomic E-state index is 14.4. The van der Waals surface area contributed by atoms with Gasteiger partial charge in [-0.3, -0.25) is 25.7 Å². The smallest absolute Gasteiger partial charge is 0.197 e. The Morgan fingerprint density at radius 2 is 1.21 bits per heavy atom. The van der Waals surface area contributed by atoms with Crippen molar-refractivity contribution >= 4 is 11.5 Å². The van der Waals surface area contributed by atoms with Gasteiger partial charge in [-0.2, -0.15) is 0 Å². The first-order chi connectivity index (χ1) is 27.3. The molecule has 2 heterocycles. The minimum absolute atomic E-state index is 0.00104. The van der Waals surface area contributed by atoms with Crippen molar-refractivity contribution < 1.29 is 9.90 Å². The van der Waals surface area contributed by atoms with Crippen molar-refractivity contribution in [1.29, 1.82) is 0 Å². The second-order valence-corrected chi connectivity index (χ2v) is 20.2. The molecule has 314 valence electrons. The Morgan fingerprint density at radius 1 is 0.643 bits per heavy atom. The van der Waals surface area contributed by atoms with Crippen molar-refractivity contribution in [1.82, 2.24) is 16.0 Å². The molecule has 0 radical (unpaired) electrons. The lowest BCUT2D eigenvalue weighted by molar-refractivity contribution is -0.115. The van der Waals surface area contributed by atoms with Crippen molar-refractivity contribution in [3.8, 4) is 0 Å². The number of ketones is 1. The van der Waals surface area contributed by atoms with Gasteiger partial charge in [-0.15, -0.1) is 0 Å². The van der Waals surface area contributed by atoms with Crippen molar-refractivity contribution in [2.24, 2.45) is 34.6 Å². The number of unbranched alkanes of at least 4 members (excludes halogenated alkanes) is 16. The van der Waals surface area contributed by atoms with E-state index in [0.717, 1.165) is 43.3 Å². The van der Waals surface area contributed by atoms with Gasteiger partial charge in [0.25, 0.3) is 0 Å². The van der Waals surface area contributed by atoms with E-state index in [1.807, 2.05) is 0 Å². The summed E-state index contributed by atoms with van der Waals surface area (Å²) in [6.07, 6.45) is 40.2. The molecule has 2 aliphatic heterocycles. The van der Waals surface area contributed by atoms with Gasteiger partial charge in [0.2, 0.25) is 0 Å². The molecule has 0 spiro atoms. The van der Waals surface area contributed by atoms with Crippen LogP contribution in [0.2, 0.25) is 0 Å². The van der Waals surface area contributed by atoms with E-state index in [1.54, 1.807) is 0 Å². The lowest BCUT2D eigenvalue weighted by Gasteiger charge is -2.58. The van der Waals surface area contributed by atoms with Crippen LogP contribution in [0.4, 0.5) is 0 Å². The molecule has 7 rings (SSSR count). The standard InChI is InChI=1S/C50H82N4O2/c1-5-7-9-11-13-15-17-19-21-33-49(3)51-39-27-23-25-35-37(29-31-41(53-49)43(35)39)45-47(55)46(48(45)56)38-30-32-42-44-36(38)26-24-28-40(44)52-50(4,54-42)34-22-20-18-16-14-12-10-8-6-2/h29,31,35-36,38-40,42-44,51-52,54-55H,5-28,30,32-34H2,1-4H3/b45-37+. The monoisotopic (exact) mass is 771 g/mol. The Kier molecular flexibility index (Phi) is 14.8. The molecule has 3 saturated carbocycles. The van der Waals surface area contributed by atoms with E-state index in [0.29, 0.717) is 47.2 Å². The van der Waals surface area contributed by atoms with E-state index in [1.165, 1.54) is 153 Å². The molecule has 1 saturated heterocycles. The lowest BCUT2D eigenvalue weighted by atomic mass is 9.56. The van der Waals surface area contributed by atoms with Crippen LogP contribution in [0.15, 0.2) is 39.6 Å². The third-order valence-electron chi connectivity index (χ3n) is 15.9. The first-order valence-corrected chi connectivity index (χ1v) is 24.6. The Hall–Kier alpha value is -1.76. The second kappa shape index (κ2) is 19.5. The summed E-state index contributed by atoms with van der Waals surface area (Å²) in [7, 11) is 0. The van der Waals surface area contributed by atoms with Gasteiger partial charge in [0, 0.05) is 35.3 Å². The van der Waals surface area contributed by atoms with Crippen LogP contribution in [0.25, 0.3) is 0 Å². The number of aliphatic imine (C=N–C) groups is 1. The van der Waals surface area contributed by atoms with Crippen LogP contribution < -0.4 is 16.0 Å². The number of aliphatic hydroxyl groups excluding tert-OH is 1. The molecule has 10 unspecified atom stereocenters. The van der Waals surface area contributed by atoms with Gasteiger partial charge in [-0.1, -0.05) is 142 Å². The topological polar surface area (TPSA) is 85.8 Å². The summed E-state index contributed by atoms with van der Waals surface area (Å²) in [5.74, 6) is 2.24. The fourth-order valence-electron chi connectivity index (χ4n) is 13.1. The minimum Gasteiger partial charge on any atom is -0.507 e. The number of carbonyl (C=O) groups excluding carboxylic acids is 1. The van der Waals surface area contributed by atoms with Crippen molar-refractivity contribution in [2.75, 3.05) is 0 Å². The number of carbonyl (C=O) groups is 1. The number of hydrogen-bond donors (Lipinski definition) is 4. The van der Waals surface area contributed by atoms with Gasteiger partial charge in [0.05, 0.1) is 11.2 Å². The van der Waals surface area contributed by atoms with Crippen LogP contribution in [0, 0.1) is 29.6 Å². The van der Waals surface area contributed by atoms with Crippen molar-refractivity contribution in [3.63, 3.8) is 0 Å². The predicted octanol–water partition coefficient (Wildman–Crippen LogP) is 12.1. The van der Waals surface area contributed by atoms with E-state index >= 15 is 0 Å². The van der Waals surface area contributed by atoms with Crippen molar-refractivity contribution in [3.05, 3.63) is 34.6 Å². The van der Waals surface area contributed by atoms with Crippen LogP contribution >= 0.6 is 0 Å². The molecule has 0 bridgehead atoms. The molecule has 0 amide bonds. The summed E-state index contributed by atoms with van der Waals surface area (Å²) >= 11 is 0. The molecule has 6 nitrogen and oxygen atoms in total. The van der Waals surface area contributed by atoms with E-state index in [9.17, 15) is 9.90 Å². The molecular weight excluding hydrogens is 689 g/mol. The summed E-state index contributed by atoms with van der Waals surface area (Å²) in [4.78, 5) is 19.7. The summed E-state index contributed by atoms with van der Waals surface area (Å²) in [6.45, 7) is 9.31. The van der Waals surface area contributed by atoms with Crippen LogP contribution in [-0.2, 0) is 4.79 Å². The molecular formula is C50H82N4O2. The Morgan fingerprint density at radius 3 is 1.86 bits per heavy atom. The number of aliphatic hydroxyl groups is 1. The molecule has 6 heteroatoms. The Balaban J connectivity index is 0.965. The molecule has 56 heavy (non-hydrogen) atoms. The van der Waals surface area contributed by atoms with Crippen LogP contribution in [0.3, 0.4) is 0 Å². The van der Waals surface area contributed by atoms with Crippen molar-refractivity contribution in [2.45, 2.75) is 237 Å². The first-order valence-electron chi connectivity index (χ1n) is 24.6. The zero-order chi connectivity index (χ0) is 39.1. The average molecular weight is 771 g/mol. The zero-order valence-electron chi connectivity index (χ0n) is 36.4. The number of hydrogen-bond acceptors (Lipinski definition) is 6. The SMILES string of the molecule is CCCCCCCCCCCC1(C)N=C2C=C/C(=C3\C(=O)C(C4CCC5NC(C)(CCCCCCCCCCC)NC6CCCC4C65)=C3O)C3CCCC(N1)C23. The van der Waals surface area contributed by atoms with Gasteiger partial charge in [-0.05, 0) is 107 Å². The summed E-state index contributed by atoms with van der Waals surface area (Å²) in [6, 6.07) is 1.40. The van der Waals surface area contributed by atoms with Gasteiger partial charge in [0.15, 0.2) is 5.78 Å². The molecule has 4 N–H and O–H groups in total. The Labute approximate surface area is 342 Å². The summed E-state index contributed by atoms with van der Waals surface area (Å²) < 4.78 is 0. The van der Waals surface area contributed by atoms with Gasteiger partial charge >= 0.3 is 0 Å². The van der Waals surface area contributed by atoms with E-state index < -0.39 is 0 Å². The quantitative estimate of drug-likeness (QED) is 0.0690. The molecule has 10 atom stereocenters. The Bertz CT molecular complexity index is 1450.